The molecule has 6 rings (SSSR count). The van der Waals surface area contributed by atoms with Crippen LogP contribution in [0.3, 0.4) is 0 Å². The Morgan fingerprint density at radius 3 is 1.54 bits per heavy atom. The Bertz CT molecular complexity index is 2200. The van der Waals surface area contributed by atoms with E-state index in [1.54, 1.807) is 61.6 Å². The fourth-order valence-electron chi connectivity index (χ4n) is 3.47. The van der Waals surface area contributed by atoms with E-state index in [-0.39, 0.29) is 81.1 Å². The van der Waals surface area contributed by atoms with Crippen LogP contribution in [0.4, 0.5) is 0 Å². The molecule has 0 aromatic carbocycles. The van der Waals surface area contributed by atoms with Crippen molar-refractivity contribution in [3.05, 3.63) is 121 Å². The Hall–Kier alpha value is -7.76. The Kier molecular flexibility index (Phi) is 30.0. The topological polar surface area (TPSA) is 401 Å². The molecular weight excluding hydrogens is 851 g/mol. The first kappa shape index (κ1) is 57.3. The molecule has 0 bridgehead atoms. The second kappa shape index (κ2) is 33.0. The molecule has 6 aromatic rings. The second-order valence-electron chi connectivity index (χ2n) is 10.4. The number of carbonyl (C=O) groups is 3. The van der Waals surface area contributed by atoms with E-state index in [0.717, 1.165) is 6.26 Å². The summed E-state index contributed by atoms with van der Waals surface area (Å²) in [6.07, 6.45) is 17.5. The molecule has 0 saturated heterocycles. The maximum atomic E-state index is 11.5. The monoisotopic (exact) mass is 890 g/mol. The molecule has 26 nitrogen and oxygen atoms in total. The van der Waals surface area contributed by atoms with Crippen LogP contribution in [-0.2, 0) is 14.3 Å². The third-order valence-electron chi connectivity index (χ3n) is 5.96. The molecule has 0 fully saturated rings. The van der Waals surface area contributed by atoms with E-state index in [0.29, 0.717) is 24.7 Å². The zero-order valence-electron chi connectivity index (χ0n) is 34.1. The number of nitrogens with two attached hydrogens (primary N) is 1. The van der Waals surface area contributed by atoms with Gasteiger partial charge in [-0.25, -0.2) is 54.3 Å². The summed E-state index contributed by atoms with van der Waals surface area (Å²) in [4.78, 5) is 65.2. The number of rotatable bonds is 10. The summed E-state index contributed by atoms with van der Waals surface area (Å²) in [5.41, 5.74) is 5.78. The van der Waals surface area contributed by atoms with E-state index < -0.39 is 11.9 Å². The summed E-state index contributed by atoms with van der Waals surface area (Å²) in [7, 11) is 3.69. The van der Waals surface area contributed by atoms with Gasteiger partial charge in [-0.05, 0) is 38.1 Å². The first-order valence-electron chi connectivity index (χ1n) is 16.7. The molecule has 0 unspecified atom stereocenters. The summed E-state index contributed by atoms with van der Waals surface area (Å²) in [5.74, 6) is -0.980. The predicted octanol–water partition coefficient (Wildman–Crippen LogP) is -0.812. The van der Waals surface area contributed by atoms with Gasteiger partial charge in [-0.3, -0.25) is 0 Å². The number of hydrogen-bond acceptors (Lipinski definition) is 23. The molecular formula is C35H40ClLiN14O12. The summed E-state index contributed by atoms with van der Waals surface area (Å²) >= 11 is 5.37. The van der Waals surface area contributed by atoms with Gasteiger partial charge in [-0.1, -0.05) is 32.2 Å². The molecule has 63 heavy (non-hydrogen) atoms. The summed E-state index contributed by atoms with van der Waals surface area (Å²) in [6, 6.07) is 6.59. The van der Waals surface area contributed by atoms with E-state index in [9.17, 15) is 14.4 Å². The minimum absolute atomic E-state index is 0. The minimum atomic E-state index is -1.12. The summed E-state index contributed by atoms with van der Waals surface area (Å²) in [6.45, 7) is 4.22. The molecule has 0 radical (unpaired) electrons. The van der Waals surface area contributed by atoms with E-state index in [4.69, 9.17) is 42.1 Å². The first-order valence-corrected chi connectivity index (χ1v) is 17.1. The van der Waals surface area contributed by atoms with E-state index in [2.05, 4.69) is 69.8 Å². The van der Waals surface area contributed by atoms with Gasteiger partial charge in [0.1, 0.15) is 23.7 Å². The summed E-state index contributed by atoms with van der Waals surface area (Å²) in [5, 5.41) is 37.6. The number of aromatic carboxylic acids is 1. The third kappa shape index (κ3) is 21.4. The van der Waals surface area contributed by atoms with Crippen molar-refractivity contribution in [1.82, 2.24) is 55.1 Å². The van der Waals surface area contributed by atoms with Crippen LogP contribution in [0.2, 0.25) is 0 Å². The number of carboxylic acids is 1. The molecule has 0 aliphatic carbocycles. The van der Waals surface area contributed by atoms with Crippen LogP contribution in [0, 0.1) is 0 Å². The van der Waals surface area contributed by atoms with Gasteiger partial charge in [-0.2, -0.15) is 0 Å². The molecule has 28 heteroatoms. The average molecular weight is 891 g/mol. The molecule has 0 aliphatic rings. The fourth-order valence-corrected chi connectivity index (χ4v) is 3.57. The van der Waals surface area contributed by atoms with Crippen molar-refractivity contribution in [2.24, 2.45) is 16.0 Å². The van der Waals surface area contributed by atoms with Gasteiger partial charge in [0.05, 0.1) is 13.2 Å². The molecule has 330 valence electrons. The largest absolute Gasteiger partial charge is 1.00 e. The molecule has 8 N–H and O–H groups in total. The molecule has 0 spiro atoms. The molecule has 0 amide bonds. The van der Waals surface area contributed by atoms with Crippen LogP contribution in [0.1, 0.15) is 46.2 Å². The zero-order valence-corrected chi connectivity index (χ0v) is 34.8. The third-order valence-corrected chi connectivity index (χ3v) is 6.20. The van der Waals surface area contributed by atoms with E-state index in [1.807, 2.05) is 14.1 Å². The molecule has 0 aliphatic heterocycles. The number of amidine groups is 1. The normalized spacial score (nSPS) is 9.98. The average Bonchev–Trinajstić information content (AvgIpc) is 3.99. The maximum Gasteiger partial charge on any atom is 1.00 e. The SMILES string of the molecule is CCOC(=O)/C=C/N(C)C.CCOC(=O)c1conc1-c1ncccn1.N/C(=N\O)c1ncccn1.O.O/N=C(\Cl)c1ncccn1.O=C(O)c1conc1-c1ncccn1.[Li+].[OH-]. The second-order valence-corrected chi connectivity index (χ2v) is 10.7. The van der Waals surface area contributed by atoms with Crippen LogP contribution in [0.15, 0.2) is 118 Å². The van der Waals surface area contributed by atoms with Crippen LogP contribution < -0.4 is 24.6 Å². The summed E-state index contributed by atoms with van der Waals surface area (Å²) < 4.78 is 18.8. The number of carboxylic acid groups (broad SMARTS) is 1. The zero-order chi connectivity index (χ0) is 44.1. The fraction of sp³-hybridized carbons (Fsp3) is 0.171. The molecule has 0 saturated carbocycles. The Morgan fingerprint density at radius 2 is 1.14 bits per heavy atom. The number of ether oxygens (including phenoxy) is 2. The maximum absolute atomic E-state index is 11.5. The Labute approximate surface area is 374 Å². The number of halogens is 1. The number of hydrogen-bond donors (Lipinski definition) is 4. The number of esters is 2. The van der Waals surface area contributed by atoms with Crippen molar-refractivity contribution >= 4 is 40.5 Å². The van der Waals surface area contributed by atoms with Crippen LogP contribution in [0.5, 0.6) is 0 Å². The quantitative estimate of drug-likeness (QED) is 0.0248. The van der Waals surface area contributed by atoms with Gasteiger partial charge in [0.2, 0.25) is 11.0 Å². The van der Waals surface area contributed by atoms with Crippen molar-refractivity contribution in [2.75, 3.05) is 27.3 Å². The van der Waals surface area contributed by atoms with Gasteiger partial charge in [0.25, 0.3) is 0 Å². The minimum Gasteiger partial charge on any atom is -0.870 e. The predicted molar refractivity (Wildman–Crippen MR) is 214 cm³/mol. The van der Waals surface area contributed by atoms with Crippen molar-refractivity contribution < 1.29 is 78.2 Å². The van der Waals surface area contributed by atoms with Gasteiger partial charge in [0.15, 0.2) is 34.7 Å². The molecule has 6 aromatic heterocycles. The number of oxime groups is 2. The van der Waals surface area contributed by atoms with Crippen molar-refractivity contribution in [1.29, 1.82) is 0 Å². The molecule has 0 atom stereocenters. The van der Waals surface area contributed by atoms with E-state index >= 15 is 0 Å². The Morgan fingerprint density at radius 1 is 0.730 bits per heavy atom. The van der Waals surface area contributed by atoms with Crippen LogP contribution >= 0.6 is 11.6 Å². The van der Waals surface area contributed by atoms with Gasteiger partial charge < -0.3 is 55.6 Å². The van der Waals surface area contributed by atoms with Gasteiger partial charge >= 0.3 is 36.8 Å². The van der Waals surface area contributed by atoms with Crippen molar-refractivity contribution in [2.45, 2.75) is 13.8 Å². The number of carbonyl (C=O) groups excluding carboxylic acids is 2. The smallest absolute Gasteiger partial charge is 0.870 e. The number of nitrogens with zero attached hydrogens (tertiary/aromatic N) is 13. The number of aromatic nitrogens is 10. The van der Waals surface area contributed by atoms with Crippen LogP contribution in [0.25, 0.3) is 23.0 Å². The van der Waals surface area contributed by atoms with Crippen LogP contribution in [-0.4, -0.2) is 138 Å². The standard InChI is InChI=1S/C10H9N3O3.C8H5N3O3.C7H13NO2.C5H4ClN3O.C5H6N4O.Li.2H2O/c1-2-15-10(14)7-6-16-13-8(7)9-11-4-3-5-12-9;12-8(13)5-4-14-11-6(5)7-9-2-1-3-10-7;1-4-10-7(9)5-6-8(2)3;2*6-4(9-10)5-7-2-1-3-8-5;;;/h3-6H,2H2,1H3;1-4H,(H,12,13);5-6H,4H2,1-3H3;1-3,10H;1-3,10H,(H2,6,9);;2*1H2/q;;;;;+1;;/p-1/b;;6-5+;9-4-;;;;. The van der Waals surface area contributed by atoms with Crippen molar-refractivity contribution in [3.8, 4) is 23.0 Å². The van der Waals surface area contributed by atoms with E-state index in [1.165, 1.54) is 49.5 Å². The first-order chi connectivity index (χ1) is 29.0. The molecule has 6 heterocycles. The van der Waals surface area contributed by atoms with Crippen molar-refractivity contribution in [3.63, 3.8) is 0 Å². The van der Waals surface area contributed by atoms with Gasteiger partial charge in [-0.15, -0.1) is 0 Å². The van der Waals surface area contributed by atoms with Gasteiger partial charge in [0, 0.05) is 75.9 Å². The Balaban J connectivity index is 0.